The normalized spacial score (nSPS) is 11.8. The number of benzene rings is 1. The average Bonchev–Trinajstić information content (AvgIpc) is 2.16. The zero-order valence-corrected chi connectivity index (χ0v) is 11.2. The summed E-state index contributed by atoms with van der Waals surface area (Å²) in [7, 11) is 0. The van der Waals surface area contributed by atoms with Gasteiger partial charge < -0.3 is 11.1 Å². The largest absolute Gasteiger partial charge is 0.330 e. The van der Waals surface area contributed by atoms with Crippen LogP contribution in [-0.2, 0) is 6.54 Å². The molecule has 1 rings (SSSR count). The second-order valence-electron chi connectivity index (χ2n) is 4.51. The molecule has 0 unspecified atom stereocenters. The maximum absolute atomic E-state index is 6.09. The van der Waals surface area contributed by atoms with Gasteiger partial charge in [0.25, 0.3) is 0 Å². The molecular weight excluding hydrogens is 243 g/mol. The van der Waals surface area contributed by atoms with Crippen molar-refractivity contribution in [3.8, 4) is 0 Å². The molecule has 0 radical (unpaired) electrons. The Morgan fingerprint density at radius 3 is 2.56 bits per heavy atom. The second kappa shape index (κ2) is 5.87. The van der Waals surface area contributed by atoms with Crippen LogP contribution in [0.4, 0.5) is 0 Å². The summed E-state index contributed by atoms with van der Waals surface area (Å²) in [5.41, 5.74) is 6.63. The molecule has 2 nitrogen and oxygen atoms in total. The van der Waals surface area contributed by atoms with Crippen LogP contribution in [0.1, 0.15) is 25.8 Å². The molecule has 90 valence electrons. The zero-order valence-electron chi connectivity index (χ0n) is 9.69. The Bertz CT molecular complexity index is 351. The summed E-state index contributed by atoms with van der Waals surface area (Å²) >= 11 is 11.9. The molecule has 0 aliphatic carbocycles. The minimum atomic E-state index is 0.0255. The minimum Gasteiger partial charge on any atom is -0.330 e. The van der Waals surface area contributed by atoms with Crippen molar-refractivity contribution < 1.29 is 0 Å². The molecule has 0 spiro atoms. The standard InChI is InChI=1S/C12H18Cl2N2/c1-12(2,5-6-15)16-8-9-3-4-10(13)7-11(9)14/h3-4,7,16H,5-6,8,15H2,1-2H3. The minimum absolute atomic E-state index is 0.0255. The molecule has 0 heterocycles. The van der Waals surface area contributed by atoms with E-state index in [2.05, 4.69) is 19.2 Å². The zero-order chi connectivity index (χ0) is 12.2. The van der Waals surface area contributed by atoms with Gasteiger partial charge in [0.15, 0.2) is 0 Å². The molecule has 4 heteroatoms. The van der Waals surface area contributed by atoms with Crippen molar-refractivity contribution >= 4 is 23.2 Å². The fraction of sp³-hybridized carbons (Fsp3) is 0.500. The Hall–Kier alpha value is -0.280. The lowest BCUT2D eigenvalue weighted by Gasteiger charge is -2.26. The number of nitrogens with two attached hydrogens (primary N) is 1. The summed E-state index contributed by atoms with van der Waals surface area (Å²) in [5.74, 6) is 0. The molecule has 1 aromatic rings. The lowest BCUT2D eigenvalue weighted by atomic mass is 10.0. The van der Waals surface area contributed by atoms with Crippen molar-refractivity contribution in [2.45, 2.75) is 32.4 Å². The highest BCUT2D eigenvalue weighted by Crippen LogP contribution is 2.21. The van der Waals surface area contributed by atoms with Crippen molar-refractivity contribution in [3.63, 3.8) is 0 Å². The first-order valence-corrected chi connectivity index (χ1v) is 6.09. The number of nitrogens with one attached hydrogen (secondary N) is 1. The van der Waals surface area contributed by atoms with Gasteiger partial charge in [0.1, 0.15) is 0 Å². The van der Waals surface area contributed by atoms with Gasteiger partial charge >= 0.3 is 0 Å². The molecule has 1 aromatic carbocycles. The van der Waals surface area contributed by atoms with Crippen LogP contribution in [0.3, 0.4) is 0 Å². The third-order valence-corrected chi connectivity index (χ3v) is 3.13. The van der Waals surface area contributed by atoms with E-state index < -0.39 is 0 Å². The molecule has 0 saturated heterocycles. The molecule has 16 heavy (non-hydrogen) atoms. The predicted molar refractivity (Wildman–Crippen MR) is 71.1 cm³/mol. The second-order valence-corrected chi connectivity index (χ2v) is 5.36. The van der Waals surface area contributed by atoms with Crippen molar-refractivity contribution in [3.05, 3.63) is 33.8 Å². The monoisotopic (exact) mass is 260 g/mol. The maximum atomic E-state index is 6.09. The first-order chi connectivity index (χ1) is 7.44. The van der Waals surface area contributed by atoms with Crippen LogP contribution in [-0.4, -0.2) is 12.1 Å². The quantitative estimate of drug-likeness (QED) is 0.854. The summed E-state index contributed by atoms with van der Waals surface area (Å²) in [5, 5.41) is 4.79. The fourth-order valence-corrected chi connectivity index (χ4v) is 1.92. The summed E-state index contributed by atoms with van der Waals surface area (Å²) in [4.78, 5) is 0. The van der Waals surface area contributed by atoms with Crippen LogP contribution in [0.25, 0.3) is 0 Å². The van der Waals surface area contributed by atoms with Crippen LogP contribution < -0.4 is 11.1 Å². The Morgan fingerprint density at radius 2 is 2.00 bits per heavy atom. The Kier molecular flexibility index (Phi) is 5.06. The summed E-state index contributed by atoms with van der Waals surface area (Å²) in [6, 6.07) is 5.55. The maximum Gasteiger partial charge on any atom is 0.0465 e. The SMILES string of the molecule is CC(C)(CCN)NCc1ccc(Cl)cc1Cl. The van der Waals surface area contributed by atoms with Crippen molar-refractivity contribution in [2.24, 2.45) is 5.73 Å². The third kappa shape index (κ3) is 4.30. The van der Waals surface area contributed by atoms with Crippen molar-refractivity contribution in [2.75, 3.05) is 6.54 Å². The lowest BCUT2D eigenvalue weighted by molar-refractivity contribution is 0.365. The Morgan fingerprint density at radius 1 is 1.31 bits per heavy atom. The van der Waals surface area contributed by atoms with Gasteiger partial charge in [0.05, 0.1) is 0 Å². The van der Waals surface area contributed by atoms with Gasteiger partial charge in [0.2, 0.25) is 0 Å². The van der Waals surface area contributed by atoms with Gasteiger partial charge in [-0.1, -0.05) is 29.3 Å². The highest BCUT2D eigenvalue weighted by molar-refractivity contribution is 6.35. The van der Waals surface area contributed by atoms with E-state index in [1.54, 1.807) is 6.07 Å². The first-order valence-electron chi connectivity index (χ1n) is 5.33. The number of hydrogen-bond donors (Lipinski definition) is 2. The summed E-state index contributed by atoms with van der Waals surface area (Å²) in [6.45, 7) is 5.66. The van der Waals surface area contributed by atoms with Gasteiger partial charge in [-0.3, -0.25) is 0 Å². The Labute approximate surface area is 107 Å². The van der Waals surface area contributed by atoms with Crippen molar-refractivity contribution in [1.82, 2.24) is 5.32 Å². The Balaban J connectivity index is 2.61. The van der Waals surface area contributed by atoms with E-state index in [0.717, 1.165) is 18.5 Å². The van der Waals surface area contributed by atoms with Crippen LogP contribution in [0.5, 0.6) is 0 Å². The number of rotatable bonds is 5. The van der Waals surface area contributed by atoms with E-state index in [4.69, 9.17) is 28.9 Å². The molecule has 0 aromatic heterocycles. The first kappa shape index (κ1) is 13.8. The van der Waals surface area contributed by atoms with Crippen LogP contribution in [0.15, 0.2) is 18.2 Å². The highest BCUT2D eigenvalue weighted by Gasteiger charge is 2.15. The molecule has 3 N–H and O–H groups in total. The van der Waals surface area contributed by atoms with Gasteiger partial charge in [-0.2, -0.15) is 0 Å². The van der Waals surface area contributed by atoms with Gasteiger partial charge in [-0.15, -0.1) is 0 Å². The van der Waals surface area contributed by atoms with E-state index in [1.807, 2.05) is 12.1 Å². The van der Waals surface area contributed by atoms with E-state index in [1.165, 1.54) is 0 Å². The van der Waals surface area contributed by atoms with Gasteiger partial charge in [-0.25, -0.2) is 0 Å². The molecule has 0 bridgehead atoms. The lowest BCUT2D eigenvalue weighted by Crippen LogP contribution is -2.40. The van der Waals surface area contributed by atoms with Crippen LogP contribution in [0.2, 0.25) is 10.0 Å². The molecule has 0 aliphatic rings. The highest BCUT2D eigenvalue weighted by atomic mass is 35.5. The van der Waals surface area contributed by atoms with Gasteiger partial charge in [0, 0.05) is 22.1 Å². The van der Waals surface area contributed by atoms with E-state index in [0.29, 0.717) is 16.6 Å². The van der Waals surface area contributed by atoms with E-state index in [9.17, 15) is 0 Å². The van der Waals surface area contributed by atoms with Gasteiger partial charge in [-0.05, 0) is 44.5 Å². The molecule has 0 saturated carbocycles. The molecular formula is C12H18Cl2N2. The average molecular weight is 261 g/mol. The predicted octanol–water partition coefficient (Wildman–Crippen LogP) is 3.21. The van der Waals surface area contributed by atoms with E-state index >= 15 is 0 Å². The van der Waals surface area contributed by atoms with Crippen LogP contribution in [0, 0.1) is 0 Å². The molecule has 0 aliphatic heterocycles. The van der Waals surface area contributed by atoms with E-state index in [-0.39, 0.29) is 5.54 Å². The third-order valence-electron chi connectivity index (χ3n) is 2.54. The number of halogens is 2. The topological polar surface area (TPSA) is 38.0 Å². The molecule has 0 fully saturated rings. The van der Waals surface area contributed by atoms with Crippen LogP contribution >= 0.6 is 23.2 Å². The fourth-order valence-electron chi connectivity index (χ4n) is 1.45. The molecule has 0 atom stereocenters. The summed E-state index contributed by atoms with van der Waals surface area (Å²) in [6.07, 6.45) is 0.929. The molecule has 0 amide bonds. The summed E-state index contributed by atoms with van der Waals surface area (Å²) < 4.78 is 0. The smallest absolute Gasteiger partial charge is 0.0465 e. The number of hydrogen-bond acceptors (Lipinski definition) is 2. The van der Waals surface area contributed by atoms with Crippen molar-refractivity contribution in [1.29, 1.82) is 0 Å².